The van der Waals surface area contributed by atoms with Crippen LogP contribution >= 0.6 is 11.3 Å². The van der Waals surface area contributed by atoms with E-state index in [2.05, 4.69) is 4.98 Å². The van der Waals surface area contributed by atoms with E-state index in [1.807, 2.05) is 0 Å². The van der Waals surface area contributed by atoms with Crippen molar-refractivity contribution in [2.75, 3.05) is 0 Å². The van der Waals surface area contributed by atoms with Crippen molar-refractivity contribution in [2.45, 2.75) is 0 Å². The Labute approximate surface area is 110 Å². The van der Waals surface area contributed by atoms with E-state index in [9.17, 15) is 13.2 Å². The summed E-state index contributed by atoms with van der Waals surface area (Å²) in [5.74, 6) is 0.0581. The first kappa shape index (κ1) is 11.9. The highest BCUT2D eigenvalue weighted by atomic mass is 32.2. The fraction of sp³-hybridized carbons (Fsp3) is 0. The van der Waals surface area contributed by atoms with Crippen LogP contribution in [0.5, 0.6) is 5.75 Å². The summed E-state index contributed by atoms with van der Waals surface area (Å²) in [7, 11) is -3.99. The van der Waals surface area contributed by atoms with E-state index >= 15 is 0 Å². The van der Waals surface area contributed by atoms with Gasteiger partial charge in [-0.2, -0.15) is 8.42 Å². The average Bonchev–Trinajstić information content (AvgIpc) is 2.95. The number of hydrogen-bond donors (Lipinski definition) is 0. The molecular formula is C10H6N2O5S2. The highest BCUT2D eigenvalue weighted by molar-refractivity contribution is 7.85. The zero-order valence-corrected chi connectivity index (χ0v) is 10.8. The number of benzene rings is 1. The van der Waals surface area contributed by atoms with Crippen LogP contribution in [0.4, 0.5) is 0 Å². The molecule has 1 aromatic carbocycles. The molecule has 0 N–H and O–H groups in total. The first-order chi connectivity index (χ1) is 9.04. The third-order valence-corrected chi connectivity index (χ3v) is 4.18. The molecule has 0 aliphatic heterocycles. The van der Waals surface area contributed by atoms with Gasteiger partial charge in [-0.1, -0.05) is 11.3 Å². The lowest BCUT2D eigenvalue weighted by Gasteiger charge is -2.06. The van der Waals surface area contributed by atoms with E-state index in [0.29, 0.717) is 4.70 Å². The summed E-state index contributed by atoms with van der Waals surface area (Å²) in [5.41, 5.74) is 0.285. The minimum absolute atomic E-state index is 0.0581. The standard InChI is InChI=1S/C10H6N2O5S2/c13-10-16-8-5-7(1-2-9(8)18-10)17-19(14,15)12-4-3-11-6-12/h1-6H. The van der Waals surface area contributed by atoms with E-state index in [-0.39, 0.29) is 11.3 Å². The lowest BCUT2D eigenvalue weighted by atomic mass is 10.3. The summed E-state index contributed by atoms with van der Waals surface area (Å²) in [6.45, 7) is 0. The maximum atomic E-state index is 11.8. The molecule has 0 radical (unpaired) electrons. The normalized spacial score (nSPS) is 11.8. The number of aromatic nitrogens is 2. The second-order valence-corrected chi connectivity index (χ2v) is 5.92. The molecule has 2 aromatic heterocycles. The van der Waals surface area contributed by atoms with Gasteiger partial charge in [0, 0.05) is 18.5 Å². The summed E-state index contributed by atoms with van der Waals surface area (Å²) in [6, 6.07) is 4.35. The highest BCUT2D eigenvalue weighted by Crippen LogP contribution is 2.23. The second kappa shape index (κ2) is 4.21. The van der Waals surface area contributed by atoms with Crippen LogP contribution in [0.15, 0.2) is 46.1 Å². The first-order valence-electron chi connectivity index (χ1n) is 5.01. The predicted octanol–water partition coefficient (Wildman–Crippen LogP) is 1.22. The van der Waals surface area contributed by atoms with Gasteiger partial charge in [0.05, 0.1) is 4.70 Å². The summed E-state index contributed by atoms with van der Waals surface area (Å²) in [5, 5.41) is 0. The van der Waals surface area contributed by atoms with Crippen LogP contribution < -0.4 is 9.12 Å². The van der Waals surface area contributed by atoms with Crippen LogP contribution in [0.2, 0.25) is 0 Å². The van der Waals surface area contributed by atoms with Crippen LogP contribution in [0.3, 0.4) is 0 Å². The molecule has 3 rings (SSSR count). The molecule has 0 aliphatic rings. The molecule has 0 spiro atoms. The maximum Gasteiger partial charge on any atom is 0.414 e. The Morgan fingerprint density at radius 3 is 2.95 bits per heavy atom. The van der Waals surface area contributed by atoms with Gasteiger partial charge in [-0.25, -0.2) is 13.8 Å². The first-order valence-corrected chi connectivity index (χ1v) is 7.19. The molecule has 2 heterocycles. The lowest BCUT2D eigenvalue weighted by Crippen LogP contribution is -2.17. The van der Waals surface area contributed by atoms with Crippen molar-refractivity contribution in [3.8, 4) is 5.75 Å². The molecule has 0 saturated carbocycles. The van der Waals surface area contributed by atoms with Crippen LogP contribution in [-0.2, 0) is 10.3 Å². The summed E-state index contributed by atoms with van der Waals surface area (Å²) >= 11 is 0.934. The molecule has 0 amide bonds. The fourth-order valence-corrected chi connectivity index (χ4v) is 2.90. The van der Waals surface area contributed by atoms with Gasteiger partial charge < -0.3 is 8.60 Å². The Bertz CT molecular complexity index is 876. The SMILES string of the molecule is O=c1oc2cc(OS(=O)(=O)n3ccnc3)ccc2s1. The van der Waals surface area contributed by atoms with Crippen molar-refractivity contribution in [1.82, 2.24) is 8.96 Å². The fourth-order valence-electron chi connectivity index (χ4n) is 1.45. The van der Waals surface area contributed by atoms with Gasteiger partial charge in [-0.05, 0) is 12.1 Å². The predicted molar refractivity (Wildman–Crippen MR) is 67.5 cm³/mol. The van der Waals surface area contributed by atoms with Crippen molar-refractivity contribution >= 4 is 31.9 Å². The summed E-state index contributed by atoms with van der Waals surface area (Å²) < 4.78 is 34.9. The monoisotopic (exact) mass is 298 g/mol. The van der Waals surface area contributed by atoms with Gasteiger partial charge in [0.25, 0.3) is 0 Å². The van der Waals surface area contributed by atoms with Gasteiger partial charge in [-0.15, -0.1) is 0 Å². The molecule has 0 atom stereocenters. The molecule has 19 heavy (non-hydrogen) atoms. The quantitative estimate of drug-likeness (QED) is 0.722. The molecule has 7 nitrogen and oxygen atoms in total. The minimum Gasteiger partial charge on any atom is -0.414 e. The Morgan fingerprint density at radius 1 is 1.37 bits per heavy atom. The van der Waals surface area contributed by atoms with Gasteiger partial charge in [0.2, 0.25) is 0 Å². The molecule has 9 heteroatoms. The van der Waals surface area contributed by atoms with Crippen LogP contribution in [-0.4, -0.2) is 17.4 Å². The van der Waals surface area contributed by atoms with E-state index in [0.717, 1.165) is 21.6 Å². The Kier molecular flexibility index (Phi) is 2.64. The van der Waals surface area contributed by atoms with Crippen LogP contribution in [0.1, 0.15) is 0 Å². The molecule has 0 bridgehead atoms. The van der Waals surface area contributed by atoms with Gasteiger partial charge >= 0.3 is 15.2 Å². The lowest BCUT2D eigenvalue weighted by molar-refractivity contribution is 0.475. The Hall–Kier alpha value is -2.13. The van der Waals surface area contributed by atoms with Crippen molar-refractivity contribution < 1.29 is 17.0 Å². The number of nitrogens with zero attached hydrogens (tertiary/aromatic N) is 2. The second-order valence-electron chi connectivity index (χ2n) is 3.50. The maximum absolute atomic E-state index is 11.8. The van der Waals surface area contributed by atoms with Crippen molar-refractivity contribution in [2.24, 2.45) is 0 Å². The van der Waals surface area contributed by atoms with E-state index < -0.39 is 15.2 Å². The van der Waals surface area contributed by atoms with E-state index in [4.69, 9.17) is 8.60 Å². The van der Waals surface area contributed by atoms with Gasteiger partial charge in [0.15, 0.2) is 5.58 Å². The summed E-state index contributed by atoms with van der Waals surface area (Å²) in [6.07, 6.45) is 3.68. The van der Waals surface area contributed by atoms with Crippen LogP contribution in [0, 0.1) is 0 Å². The molecule has 0 saturated heterocycles. The number of imidazole rings is 1. The van der Waals surface area contributed by atoms with Crippen molar-refractivity contribution in [3.63, 3.8) is 0 Å². The smallest absolute Gasteiger partial charge is 0.414 e. The zero-order chi connectivity index (χ0) is 13.5. The van der Waals surface area contributed by atoms with Gasteiger partial charge in [0.1, 0.15) is 12.1 Å². The molecule has 0 fully saturated rings. The highest BCUT2D eigenvalue weighted by Gasteiger charge is 2.15. The molecule has 0 aliphatic carbocycles. The number of hydrogen-bond acceptors (Lipinski definition) is 7. The number of rotatable bonds is 3. The molecular weight excluding hydrogens is 292 g/mol. The Balaban J connectivity index is 1.99. The van der Waals surface area contributed by atoms with Crippen LogP contribution in [0.25, 0.3) is 10.3 Å². The third kappa shape index (κ3) is 2.25. The molecule has 3 aromatic rings. The molecule has 0 unspecified atom stereocenters. The third-order valence-electron chi connectivity index (χ3n) is 2.24. The largest absolute Gasteiger partial charge is 0.414 e. The topological polar surface area (TPSA) is 91.4 Å². The minimum atomic E-state index is -3.99. The van der Waals surface area contributed by atoms with E-state index in [1.165, 1.54) is 24.5 Å². The Morgan fingerprint density at radius 2 is 2.21 bits per heavy atom. The van der Waals surface area contributed by atoms with Gasteiger partial charge in [-0.3, -0.25) is 0 Å². The van der Waals surface area contributed by atoms with E-state index in [1.54, 1.807) is 6.07 Å². The average molecular weight is 298 g/mol. The molecule has 98 valence electrons. The van der Waals surface area contributed by atoms with Crippen molar-refractivity contribution in [1.29, 1.82) is 0 Å². The van der Waals surface area contributed by atoms with Crippen molar-refractivity contribution in [3.05, 3.63) is 46.7 Å². The number of fused-ring (bicyclic) bond motifs is 1. The zero-order valence-electron chi connectivity index (χ0n) is 9.22. The summed E-state index contributed by atoms with van der Waals surface area (Å²) in [4.78, 5) is 14.2.